The summed E-state index contributed by atoms with van der Waals surface area (Å²) in [6.45, 7) is 2.75. The molecule has 0 saturated carbocycles. The lowest BCUT2D eigenvalue weighted by molar-refractivity contribution is 0.297. The molecule has 4 rings (SSSR count). The molecule has 1 aliphatic rings. The second-order valence-electron chi connectivity index (χ2n) is 6.21. The SMILES string of the molecule is Cc1nc(-c2ccc(S(=O)(=O)Nc3cc4c(cc3Cl)OCCCO4)cc2)co1. The van der Waals surface area contributed by atoms with Gasteiger partial charge in [0, 0.05) is 31.0 Å². The van der Waals surface area contributed by atoms with E-state index in [-0.39, 0.29) is 15.6 Å². The molecule has 0 radical (unpaired) electrons. The first-order valence-corrected chi connectivity index (χ1v) is 10.4. The van der Waals surface area contributed by atoms with E-state index in [0.717, 1.165) is 12.0 Å². The lowest BCUT2D eigenvalue weighted by Gasteiger charge is -2.13. The zero-order valence-electron chi connectivity index (χ0n) is 14.9. The normalized spacial score (nSPS) is 13.8. The molecule has 0 amide bonds. The molecular weight excluding hydrogens is 404 g/mol. The number of aromatic nitrogens is 1. The average molecular weight is 421 g/mol. The summed E-state index contributed by atoms with van der Waals surface area (Å²) in [5.74, 6) is 1.49. The molecule has 9 heteroatoms. The van der Waals surface area contributed by atoms with Crippen molar-refractivity contribution < 1.29 is 22.3 Å². The maximum absolute atomic E-state index is 12.8. The van der Waals surface area contributed by atoms with Crippen molar-refractivity contribution in [1.29, 1.82) is 0 Å². The Balaban J connectivity index is 1.60. The molecule has 2 aromatic carbocycles. The molecule has 0 saturated heterocycles. The highest BCUT2D eigenvalue weighted by Crippen LogP contribution is 2.38. The first kappa shape index (κ1) is 18.6. The third kappa shape index (κ3) is 3.79. The summed E-state index contributed by atoms with van der Waals surface area (Å²) in [6.07, 6.45) is 2.26. The summed E-state index contributed by atoms with van der Waals surface area (Å²) in [6, 6.07) is 9.42. The van der Waals surface area contributed by atoms with Crippen molar-refractivity contribution in [3.8, 4) is 22.8 Å². The van der Waals surface area contributed by atoms with Crippen LogP contribution in [0.25, 0.3) is 11.3 Å². The molecule has 28 heavy (non-hydrogen) atoms. The minimum atomic E-state index is -3.84. The lowest BCUT2D eigenvalue weighted by Crippen LogP contribution is -2.13. The maximum atomic E-state index is 12.8. The molecule has 7 nitrogen and oxygen atoms in total. The molecule has 0 fully saturated rings. The van der Waals surface area contributed by atoms with Crippen molar-refractivity contribution in [3.05, 3.63) is 53.6 Å². The van der Waals surface area contributed by atoms with Crippen LogP contribution in [0.2, 0.25) is 5.02 Å². The van der Waals surface area contributed by atoms with E-state index in [9.17, 15) is 8.42 Å². The summed E-state index contributed by atoms with van der Waals surface area (Å²) >= 11 is 6.23. The van der Waals surface area contributed by atoms with Crippen LogP contribution in [0.3, 0.4) is 0 Å². The number of nitrogens with zero attached hydrogens (tertiary/aromatic N) is 1. The minimum Gasteiger partial charge on any atom is -0.490 e. The topological polar surface area (TPSA) is 90.7 Å². The average Bonchev–Trinajstić information content (AvgIpc) is 2.98. The van der Waals surface area contributed by atoms with Crippen molar-refractivity contribution >= 4 is 27.3 Å². The summed E-state index contributed by atoms with van der Waals surface area (Å²) in [4.78, 5) is 4.32. The highest BCUT2D eigenvalue weighted by Gasteiger charge is 2.20. The zero-order chi connectivity index (χ0) is 19.7. The van der Waals surface area contributed by atoms with Crippen molar-refractivity contribution in [2.24, 2.45) is 0 Å². The molecule has 146 valence electrons. The number of anilines is 1. The molecule has 0 aliphatic carbocycles. The fourth-order valence-electron chi connectivity index (χ4n) is 2.77. The minimum absolute atomic E-state index is 0.0969. The second kappa shape index (κ2) is 7.37. The second-order valence-corrected chi connectivity index (χ2v) is 8.30. The number of benzene rings is 2. The molecule has 2 heterocycles. The van der Waals surface area contributed by atoms with Gasteiger partial charge in [-0.15, -0.1) is 0 Å². The van der Waals surface area contributed by atoms with Gasteiger partial charge in [0.05, 0.1) is 28.8 Å². The Morgan fingerprint density at radius 2 is 1.75 bits per heavy atom. The molecule has 1 aromatic heterocycles. The van der Waals surface area contributed by atoms with Gasteiger partial charge in [-0.1, -0.05) is 23.7 Å². The lowest BCUT2D eigenvalue weighted by atomic mass is 10.2. The number of ether oxygens (including phenoxy) is 2. The molecule has 1 N–H and O–H groups in total. The monoisotopic (exact) mass is 420 g/mol. The predicted octanol–water partition coefficient (Wildman–Crippen LogP) is 4.27. The van der Waals surface area contributed by atoms with Gasteiger partial charge in [0.2, 0.25) is 0 Å². The van der Waals surface area contributed by atoms with Gasteiger partial charge in [-0.25, -0.2) is 13.4 Å². The van der Waals surface area contributed by atoms with Crippen LogP contribution in [0, 0.1) is 6.92 Å². The van der Waals surface area contributed by atoms with E-state index in [1.165, 1.54) is 24.5 Å². The number of rotatable bonds is 4. The summed E-state index contributed by atoms with van der Waals surface area (Å²) in [5, 5.41) is 0.225. The Labute approximate surface area is 167 Å². The van der Waals surface area contributed by atoms with Crippen LogP contribution >= 0.6 is 11.6 Å². The van der Waals surface area contributed by atoms with E-state index in [2.05, 4.69) is 9.71 Å². The molecule has 0 atom stereocenters. The van der Waals surface area contributed by atoms with Crippen LogP contribution in [-0.2, 0) is 10.0 Å². The molecule has 1 aliphatic heterocycles. The number of hydrogen-bond acceptors (Lipinski definition) is 6. The van der Waals surface area contributed by atoms with Gasteiger partial charge in [-0.05, 0) is 12.1 Å². The Bertz CT molecular complexity index is 1110. The van der Waals surface area contributed by atoms with E-state index in [1.54, 1.807) is 25.1 Å². The van der Waals surface area contributed by atoms with Crippen molar-refractivity contribution in [2.45, 2.75) is 18.2 Å². The number of fused-ring (bicyclic) bond motifs is 1. The molecule has 0 bridgehead atoms. The molecule has 0 unspecified atom stereocenters. The quantitative estimate of drug-likeness (QED) is 0.677. The van der Waals surface area contributed by atoms with Gasteiger partial charge in [0.1, 0.15) is 12.0 Å². The first-order valence-electron chi connectivity index (χ1n) is 8.57. The van der Waals surface area contributed by atoms with Gasteiger partial charge < -0.3 is 13.9 Å². The van der Waals surface area contributed by atoms with Crippen LogP contribution in [0.4, 0.5) is 5.69 Å². The highest BCUT2D eigenvalue weighted by atomic mass is 35.5. The predicted molar refractivity (Wildman–Crippen MR) is 105 cm³/mol. The van der Waals surface area contributed by atoms with E-state index in [4.69, 9.17) is 25.5 Å². The summed E-state index contributed by atoms with van der Waals surface area (Å²) in [7, 11) is -3.84. The number of halogens is 1. The van der Waals surface area contributed by atoms with Crippen molar-refractivity contribution in [2.75, 3.05) is 17.9 Å². The Morgan fingerprint density at radius 1 is 1.07 bits per heavy atom. The Kier molecular flexibility index (Phi) is 4.91. The smallest absolute Gasteiger partial charge is 0.261 e. The number of nitrogens with one attached hydrogen (secondary N) is 1. The highest BCUT2D eigenvalue weighted by molar-refractivity contribution is 7.92. The van der Waals surface area contributed by atoms with E-state index < -0.39 is 10.0 Å². The van der Waals surface area contributed by atoms with Crippen LogP contribution in [0.15, 0.2) is 52.0 Å². The fourth-order valence-corrected chi connectivity index (χ4v) is 4.09. The van der Waals surface area contributed by atoms with E-state index in [1.807, 2.05) is 0 Å². The van der Waals surface area contributed by atoms with Gasteiger partial charge in [-0.2, -0.15) is 0 Å². The van der Waals surface area contributed by atoms with Gasteiger partial charge in [-0.3, -0.25) is 4.72 Å². The van der Waals surface area contributed by atoms with Crippen LogP contribution in [0.5, 0.6) is 11.5 Å². The fraction of sp³-hybridized carbons (Fsp3) is 0.211. The van der Waals surface area contributed by atoms with E-state index >= 15 is 0 Å². The van der Waals surface area contributed by atoms with E-state index in [0.29, 0.717) is 36.3 Å². The van der Waals surface area contributed by atoms with Crippen molar-refractivity contribution in [3.63, 3.8) is 0 Å². The standard InChI is InChI=1S/C19H17ClN2O5S/c1-12-21-17(11-27-12)13-3-5-14(6-4-13)28(23,24)22-16-10-19-18(9-15(16)20)25-7-2-8-26-19/h3-6,9-11,22H,2,7-8H2,1H3. The Hall–Kier alpha value is -2.71. The van der Waals surface area contributed by atoms with Crippen molar-refractivity contribution in [1.82, 2.24) is 4.98 Å². The zero-order valence-corrected chi connectivity index (χ0v) is 16.5. The third-order valence-corrected chi connectivity index (χ3v) is 5.86. The molecule has 3 aromatic rings. The number of hydrogen-bond donors (Lipinski definition) is 1. The number of oxazole rings is 1. The van der Waals surface area contributed by atoms with Crippen LogP contribution in [-0.4, -0.2) is 26.6 Å². The number of aryl methyl sites for hydroxylation is 1. The summed E-state index contributed by atoms with van der Waals surface area (Å²) < 4.78 is 44.4. The summed E-state index contributed by atoms with van der Waals surface area (Å²) in [5.41, 5.74) is 1.62. The number of sulfonamides is 1. The maximum Gasteiger partial charge on any atom is 0.261 e. The first-order chi connectivity index (χ1) is 13.4. The third-order valence-electron chi connectivity index (χ3n) is 4.16. The molecule has 0 spiro atoms. The van der Waals surface area contributed by atoms with Crippen LogP contribution in [0.1, 0.15) is 12.3 Å². The van der Waals surface area contributed by atoms with Gasteiger partial charge >= 0.3 is 0 Å². The largest absolute Gasteiger partial charge is 0.490 e. The molecular formula is C19H17ClN2O5S. The van der Waals surface area contributed by atoms with Crippen LogP contribution < -0.4 is 14.2 Å². The Morgan fingerprint density at radius 3 is 2.39 bits per heavy atom. The van der Waals surface area contributed by atoms with Gasteiger partial charge in [0.15, 0.2) is 17.4 Å². The van der Waals surface area contributed by atoms with Gasteiger partial charge in [0.25, 0.3) is 10.0 Å².